The summed E-state index contributed by atoms with van der Waals surface area (Å²) >= 11 is 1.43. The standard InChI is InChI=1S/C16H18FN3OS/c17-12-3-1-2-11(8-12)16-19-14(10-22-16)9-15(21)20-6-4-13(18)5-7-20/h1-3,8,10,13H,4-7,9,18H2. The number of nitrogens with zero attached hydrogens (tertiary/aromatic N) is 2. The number of rotatable bonds is 3. The number of hydrogen-bond donors (Lipinski definition) is 1. The number of amides is 1. The van der Waals surface area contributed by atoms with Crippen LogP contribution < -0.4 is 5.73 Å². The van der Waals surface area contributed by atoms with Crippen LogP contribution in [0.5, 0.6) is 0 Å². The Hall–Kier alpha value is -1.79. The minimum Gasteiger partial charge on any atom is -0.342 e. The molecule has 1 aromatic carbocycles. The van der Waals surface area contributed by atoms with Crippen LogP contribution in [-0.4, -0.2) is 34.9 Å². The van der Waals surface area contributed by atoms with E-state index in [1.807, 2.05) is 16.3 Å². The highest BCUT2D eigenvalue weighted by molar-refractivity contribution is 7.13. The van der Waals surface area contributed by atoms with Crippen LogP contribution in [0.2, 0.25) is 0 Å². The highest BCUT2D eigenvalue weighted by Crippen LogP contribution is 2.24. The predicted molar refractivity (Wildman–Crippen MR) is 85.0 cm³/mol. The van der Waals surface area contributed by atoms with E-state index in [2.05, 4.69) is 4.98 Å². The quantitative estimate of drug-likeness (QED) is 0.945. The van der Waals surface area contributed by atoms with Crippen LogP contribution >= 0.6 is 11.3 Å². The van der Waals surface area contributed by atoms with Crippen LogP contribution in [0.4, 0.5) is 4.39 Å². The Morgan fingerprint density at radius 1 is 1.41 bits per heavy atom. The number of aromatic nitrogens is 1. The maximum absolute atomic E-state index is 13.3. The second-order valence-corrected chi connectivity index (χ2v) is 6.41. The minimum atomic E-state index is -0.282. The number of hydrogen-bond acceptors (Lipinski definition) is 4. The monoisotopic (exact) mass is 319 g/mol. The van der Waals surface area contributed by atoms with Crippen LogP contribution in [0.3, 0.4) is 0 Å². The Bertz CT molecular complexity index is 665. The summed E-state index contributed by atoms with van der Waals surface area (Å²) in [6.45, 7) is 1.45. The fraction of sp³-hybridized carbons (Fsp3) is 0.375. The van der Waals surface area contributed by atoms with Crippen LogP contribution in [0.25, 0.3) is 10.6 Å². The van der Waals surface area contributed by atoms with E-state index in [0.29, 0.717) is 6.42 Å². The maximum Gasteiger partial charge on any atom is 0.228 e. The molecule has 0 radical (unpaired) electrons. The van der Waals surface area contributed by atoms with Crippen LogP contribution in [0, 0.1) is 5.82 Å². The molecule has 1 saturated heterocycles. The molecular weight excluding hydrogens is 301 g/mol. The summed E-state index contributed by atoms with van der Waals surface area (Å²) in [5.74, 6) is -0.196. The van der Waals surface area contributed by atoms with Gasteiger partial charge in [0.25, 0.3) is 0 Å². The Morgan fingerprint density at radius 3 is 2.91 bits per heavy atom. The van der Waals surface area contributed by atoms with Crippen molar-refractivity contribution in [1.29, 1.82) is 0 Å². The van der Waals surface area contributed by atoms with Crippen molar-refractivity contribution in [3.05, 3.63) is 41.2 Å². The van der Waals surface area contributed by atoms with Crippen molar-refractivity contribution in [2.45, 2.75) is 25.3 Å². The lowest BCUT2D eigenvalue weighted by Crippen LogP contribution is -2.43. The second-order valence-electron chi connectivity index (χ2n) is 5.55. The molecule has 0 aliphatic carbocycles. The van der Waals surface area contributed by atoms with E-state index in [9.17, 15) is 9.18 Å². The van der Waals surface area contributed by atoms with Crippen LogP contribution in [0.15, 0.2) is 29.6 Å². The van der Waals surface area contributed by atoms with E-state index >= 15 is 0 Å². The minimum absolute atomic E-state index is 0.0861. The molecule has 6 heteroatoms. The maximum atomic E-state index is 13.3. The molecule has 22 heavy (non-hydrogen) atoms. The lowest BCUT2D eigenvalue weighted by Gasteiger charge is -2.30. The van der Waals surface area contributed by atoms with Crippen molar-refractivity contribution in [1.82, 2.24) is 9.88 Å². The Labute approximate surface area is 132 Å². The lowest BCUT2D eigenvalue weighted by molar-refractivity contribution is -0.131. The molecule has 0 spiro atoms. The summed E-state index contributed by atoms with van der Waals surface area (Å²) in [4.78, 5) is 18.6. The van der Waals surface area contributed by atoms with Gasteiger partial charge in [-0.15, -0.1) is 11.3 Å². The van der Waals surface area contributed by atoms with Gasteiger partial charge in [-0.2, -0.15) is 0 Å². The molecule has 4 nitrogen and oxygen atoms in total. The van der Waals surface area contributed by atoms with Gasteiger partial charge in [-0.1, -0.05) is 12.1 Å². The van der Waals surface area contributed by atoms with Gasteiger partial charge in [0.1, 0.15) is 10.8 Å². The second kappa shape index (κ2) is 6.54. The average molecular weight is 319 g/mol. The third-order valence-corrected chi connectivity index (χ3v) is 4.79. The molecule has 1 aliphatic heterocycles. The first-order valence-electron chi connectivity index (χ1n) is 7.35. The summed E-state index contributed by atoms with van der Waals surface area (Å²) in [6.07, 6.45) is 2.01. The normalized spacial score (nSPS) is 16.0. The van der Waals surface area contributed by atoms with Crippen LogP contribution in [-0.2, 0) is 11.2 Å². The number of carbonyl (C=O) groups is 1. The summed E-state index contributed by atoms with van der Waals surface area (Å²) in [7, 11) is 0. The number of thiazole rings is 1. The topological polar surface area (TPSA) is 59.2 Å². The van der Waals surface area contributed by atoms with E-state index in [0.717, 1.165) is 42.2 Å². The molecule has 0 bridgehead atoms. The third kappa shape index (κ3) is 3.51. The van der Waals surface area contributed by atoms with Crippen molar-refractivity contribution in [2.24, 2.45) is 5.73 Å². The Morgan fingerprint density at radius 2 is 2.18 bits per heavy atom. The molecule has 1 fully saturated rings. The summed E-state index contributed by atoms with van der Waals surface area (Å²) < 4.78 is 13.3. The van der Waals surface area contributed by atoms with Gasteiger partial charge in [0, 0.05) is 30.1 Å². The van der Waals surface area contributed by atoms with Gasteiger partial charge in [-0.05, 0) is 25.0 Å². The van der Waals surface area contributed by atoms with E-state index in [1.165, 1.54) is 23.5 Å². The SMILES string of the molecule is NC1CCN(C(=O)Cc2csc(-c3cccc(F)c3)n2)CC1. The van der Waals surface area contributed by atoms with Crippen LogP contribution in [0.1, 0.15) is 18.5 Å². The fourth-order valence-corrected chi connectivity index (χ4v) is 3.37. The smallest absolute Gasteiger partial charge is 0.228 e. The van der Waals surface area contributed by atoms with Gasteiger partial charge < -0.3 is 10.6 Å². The number of carbonyl (C=O) groups excluding carboxylic acids is 1. The summed E-state index contributed by atoms with van der Waals surface area (Å²) in [5.41, 5.74) is 7.33. The molecule has 2 N–H and O–H groups in total. The molecule has 1 amide bonds. The molecule has 0 unspecified atom stereocenters. The van der Waals surface area contributed by atoms with E-state index in [1.54, 1.807) is 6.07 Å². The Kier molecular flexibility index (Phi) is 4.49. The van der Waals surface area contributed by atoms with E-state index in [-0.39, 0.29) is 17.8 Å². The van der Waals surface area contributed by atoms with Gasteiger partial charge in [0.15, 0.2) is 0 Å². The third-order valence-electron chi connectivity index (χ3n) is 3.85. The molecule has 3 rings (SSSR count). The fourth-order valence-electron chi connectivity index (χ4n) is 2.56. The van der Waals surface area contributed by atoms with Crippen molar-refractivity contribution < 1.29 is 9.18 Å². The van der Waals surface area contributed by atoms with Crippen molar-refractivity contribution in [3.8, 4) is 10.6 Å². The highest BCUT2D eigenvalue weighted by atomic mass is 32.1. The number of nitrogens with two attached hydrogens (primary N) is 1. The molecule has 1 aliphatic rings. The highest BCUT2D eigenvalue weighted by Gasteiger charge is 2.21. The molecule has 2 aromatic rings. The zero-order valence-corrected chi connectivity index (χ0v) is 13.0. The molecule has 0 atom stereocenters. The van der Waals surface area contributed by atoms with Gasteiger partial charge >= 0.3 is 0 Å². The lowest BCUT2D eigenvalue weighted by atomic mass is 10.1. The number of benzene rings is 1. The van der Waals surface area contributed by atoms with Gasteiger partial charge in [-0.25, -0.2) is 9.37 Å². The molecule has 116 valence electrons. The first kappa shape index (κ1) is 15.1. The number of likely N-dealkylation sites (tertiary alicyclic amines) is 1. The van der Waals surface area contributed by atoms with Crippen molar-refractivity contribution >= 4 is 17.2 Å². The van der Waals surface area contributed by atoms with Crippen molar-refractivity contribution in [2.75, 3.05) is 13.1 Å². The average Bonchev–Trinajstić information content (AvgIpc) is 2.96. The predicted octanol–water partition coefficient (Wildman–Crippen LogP) is 2.44. The number of halogens is 1. The van der Waals surface area contributed by atoms with Crippen molar-refractivity contribution in [3.63, 3.8) is 0 Å². The summed E-state index contributed by atoms with van der Waals surface area (Å²) in [5, 5.41) is 2.61. The molecule has 1 aromatic heterocycles. The van der Waals surface area contributed by atoms with Gasteiger partial charge in [0.05, 0.1) is 12.1 Å². The van der Waals surface area contributed by atoms with E-state index in [4.69, 9.17) is 5.73 Å². The first-order chi connectivity index (χ1) is 10.6. The molecular formula is C16H18FN3OS. The first-order valence-corrected chi connectivity index (χ1v) is 8.23. The van der Waals surface area contributed by atoms with Gasteiger partial charge in [0.2, 0.25) is 5.91 Å². The molecule has 0 saturated carbocycles. The van der Waals surface area contributed by atoms with Gasteiger partial charge in [-0.3, -0.25) is 4.79 Å². The zero-order valence-electron chi connectivity index (χ0n) is 12.2. The largest absolute Gasteiger partial charge is 0.342 e. The Balaban J connectivity index is 1.65. The number of piperidine rings is 1. The zero-order chi connectivity index (χ0) is 15.5. The van der Waals surface area contributed by atoms with E-state index < -0.39 is 0 Å². The molecule has 2 heterocycles. The summed E-state index contributed by atoms with van der Waals surface area (Å²) in [6, 6.07) is 6.55.